The van der Waals surface area contributed by atoms with Crippen LogP contribution in [0, 0.1) is 5.92 Å². The fraction of sp³-hybridized carbons (Fsp3) is 0.500. The van der Waals surface area contributed by atoms with Crippen LogP contribution in [-0.4, -0.2) is 16.3 Å². The molecule has 0 bridgehead atoms. The van der Waals surface area contributed by atoms with Gasteiger partial charge in [-0.05, 0) is 34.5 Å². The lowest BCUT2D eigenvalue weighted by Crippen LogP contribution is -2.12. The smallest absolute Gasteiger partial charge is 0.0429 e. The van der Waals surface area contributed by atoms with E-state index in [9.17, 15) is 0 Å². The maximum atomic E-state index is 2.56. The van der Waals surface area contributed by atoms with Gasteiger partial charge < -0.3 is 0 Å². The van der Waals surface area contributed by atoms with Crippen LogP contribution in [0.2, 0.25) is 0 Å². The molecule has 0 radical (unpaired) electrons. The molecule has 15 heavy (non-hydrogen) atoms. The summed E-state index contributed by atoms with van der Waals surface area (Å²) in [6, 6.07) is 0. The zero-order valence-corrected chi connectivity index (χ0v) is 10.9. The van der Waals surface area contributed by atoms with Crippen molar-refractivity contribution in [3.63, 3.8) is 0 Å². The van der Waals surface area contributed by atoms with Crippen molar-refractivity contribution in [2.24, 2.45) is 5.92 Å². The lowest BCUT2D eigenvalue weighted by atomic mass is 10.0. The van der Waals surface area contributed by atoms with Crippen LogP contribution in [0.4, 0.5) is 0 Å². The van der Waals surface area contributed by atoms with E-state index in [-0.39, 0.29) is 0 Å². The van der Waals surface area contributed by atoms with Crippen LogP contribution >= 0.6 is 35.3 Å². The number of hydrogen-bond donors (Lipinski definition) is 0. The third kappa shape index (κ3) is 2.20. The first-order valence-corrected chi connectivity index (χ1v) is 8.26. The van der Waals surface area contributed by atoms with E-state index in [1.54, 1.807) is 4.91 Å². The summed E-state index contributed by atoms with van der Waals surface area (Å²) in [5.41, 5.74) is 0. The van der Waals surface area contributed by atoms with Crippen molar-refractivity contribution in [1.29, 1.82) is 0 Å². The van der Waals surface area contributed by atoms with Crippen LogP contribution in [-0.2, 0) is 0 Å². The van der Waals surface area contributed by atoms with E-state index >= 15 is 0 Å². The summed E-state index contributed by atoms with van der Waals surface area (Å²) in [5.74, 6) is 2.12. The average Bonchev–Trinajstić information content (AvgIpc) is 3.02. The highest BCUT2D eigenvalue weighted by Gasteiger charge is 2.29. The zero-order valence-electron chi connectivity index (χ0n) is 8.46. The van der Waals surface area contributed by atoms with E-state index in [1.807, 2.05) is 23.5 Å². The highest BCUT2D eigenvalue weighted by atomic mass is 32.2. The second-order valence-electron chi connectivity index (χ2n) is 4.06. The quantitative estimate of drug-likeness (QED) is 0.722. The third-order valence-corrected chi connectivity index (χ3v) is 6.84. The highest BCUT2D eigenvalue weighted by molar-refractivity contribution is 8.07. The second-order valence-corrected chi connectivity index (χ2v) is 7.41. The Balaban J connectivity index is 1.64. The topological polar surface area (TPSA) is 0 Å². The van der Waals surface area contributed by atoms with Crippen LogP contribution in [0.25, 0.3) is 0 Å². The molecule has 3 rings (SSSR count). The molecule has 3 aliphatic heterocycles. The Labute approximate surface area is 104 Å². The average molecular weight is 254 g/mol. The van der Waals surface area contributed by atoms with Crippen molar-refractivity contribution >= 4 is 35.3 Å². The SMILES string of the molecule is C1=CSC(C2=CC(C3CC=CS3)CS2)C1. The predicted molar refractivity (Wildman–Crippen MR) is 74.3 cm³/mol. The summed E-state index contributed by atoms with van der Waals surface area (Å²) in [6.07, 6.45) is 9.69. The van der Waals surface area contributed by atoms with E-state index in [2.05, 4.69) is 40.8 Å². The molecular formula is C12H14S3. The zero-order chi connectivity index (χ0) is 10.1. The van der Waals surface area contributed by atoms with Gasteiger partial charge in [0, 0.05) is 16.3 Å². The van der Waals surface area contributed by atoms with Crippen molar-refractivity contribution in [3.8, 4) is 0 Å². The molecule has 3 heteroatoms. The van der Waals surface area contributed by atoms with E-state index in [0.29, 0.717) is 0 Å². The Morgan fingerprint density at radius 3 is 2.67 bits per heavy atom. The molecule has 0 nitrogen and oxygen atoms in total. The number of thioether (sulfide) groups is 3. The van der Waals surface area contributed by atoms with E-state index in [0.717, 1.165) is 16.4 Å². The molecule has 0 aromatic rings. The summed E-state index contributed by atoms with van der Waals surface area (Å²) in [4.78, 5) is 1.64. The Bertz CT molecular complexity index is 314. The van der Waals surface area contributed by atoms with Gasteiger partial charge in [0.15, 0.2) is 0 Å². The maximum absolute atomic E-state index is 2.56. The summed E-state index contributed by atoms with van der Waals surface area (Å²) < 4.78 is 0. The van der Waals surface area contributed by atoms with Gasteiger partial charge in [0.2, 0.25) is 0 Å². The fourth-order valence-electron chi connectivity index (χ4n) is 2.16. The second kappa shape index (κ2) is 4.64. The first-order chi connectivity index (χ1) is 7.43. The first kappa shape index (κ1) is 10.4. The molecule has 0 fully saturated rings. The normalized spacial score (nSPS) is 38.9. The largest absolute Gasteiger partial charge is 0.130 e. The van der Waals surface area contributed by atoms with Gasteiger partial charge in [-0.1, -0.05) is 18.2 Å². The fourth-order valence-corrected chi connectivity index (χ4v) is 5.79. The number of rotatable bonds is 2. The van der Waals surface area contributed by atoms with Gasteiger partial charge in [0.05, 0.1) is 0 Å². The van der Waals surface area contributed by atoms with Crippen LogP contribution in [0.15, 0.2) is 33.9 Å². The summed E-state index contributed by atoms with van der Waals surface area (Å²) in [7, 11) is 0. The maximum Gasteiger partial charge on any atom is 0.0429 e. The highest BCUT2D eigenvalue weighted by Crippen LogP contribution is 2.45. The predicted octanol–water partition coefficient (Wildman–Crippen LogP) is 4.27. The molecule has 0 amide bonds. The van der Waals surface area contributed by atoms with Crippen molar-refractivity contribution in [1.82, 2.24) is 0 Å². The minimum atomic E-state index is 0.749. The van der Waals surface area contributed by atoms with Gasteiger partial charge >= 0.3 is 0 Å². The Kier molecular flexibility index (Phi) is 3.23. The monoisotopic (exact) mass is 254 g/mol. The Morgan fingerprint density at radius 2 is 1.93 bits per heavy atom. The molecule has 3 atom stereocenters. The summed E-state index contributed by atoms with van der Waals surface area (Å²) in [6.45, 7) is 0. The molecule has 0 N–H and O–H groups in total. The molecule has 0 aromatic heterocycles. The molecule has 0 saturated carbocycles. The Morgan fingerprint density at radius 1 is 1.07 bits per heavy atom. The summed E-state index contributed by atoms with van der Waals surface area (Å²) in [5, 5.41) is 6.10. The van der Waals surface area contributed by atoms with Crippen molar-refractivity contribution in [3.05, 3.63) is 33.9 Å². The first-order valence-electron chi connectivity index (χ1n) is 5.39. The molecule has 3 aliphatic rings. The molecule has 3 heterocycles. The van der Waals surface area contributed by atoms with E-state index in [4.69, 9.17) is 0 Å². The molecular weight excluding hydrogens is 240 g/mol. The van der Waals surface area contributed by atoms with Crippen LogP contribution in [0.1, 0.15) is 12.8 Å². The van der Waals surface area contributed by atoms with Crippen molar-refractivity contribution < 1.29 is 0 Å². The standard InChI is InChI=1S/C12H14S3/c1-3-10(13-5-1)9-7-12(15-8-9)11-4-2-6-14-11/h1-2,5-7,9-11H,3-4,8H2. The molecule has 0 spiro atoms. The van der Waals surface area contributed by atoms with Crippen LogP contribution in [0.3, 0.4) is 0 Å². The van der Waals surface area contributed by atoms with Crippen molar-refractivity contribution in [2.75, 3.05) is 5.75 Å². The van der Waals surface area contributed by atoms with Gasteiger partial charge in [0.1, 0.15) is 0 Å². The molecule has 80 valence electrons. The number of hydrogen-bond acceptors (Lipinski definition) is 3. The Hall–Kier alpha value is 0.270. The van der Waals surface area contributed by atoms with Crippen LogP contribution < -0.4 is 0 Å². The lowest BCUT2D eigenvalue weighted by molar-refractivity contribution is 0.700. The molecule has 0 aliphatic carbocycles. The lowest BCUT2D eigenvalue weighted by Gasteiger charge is -2.13. The summed E-state index contributed by atoms with van der Waals surface area (Å²) >= 11 is 6.11. The molecule has 0 aromatic carbocycles. The van der Waals surface area contributed by atoms with Gasteiger partial charge in [-0.15, -0.1) is 35.3 Å². The van der Waals surface area contributed by atoms with Crippen LogP contribution in [0.5, 0.6) is 0 Å². The molecule has 3 unspecified atom stereocenters. The van der Waals surface area contributed by atoms with Gasteiger partial charge in [-0.2, -0.15) is 0 Å². The van der Waals surface area contributed by atoms with E-state index < -0.39 is 0 Å². The van der Waals surface area contributed by atoms with E-state index in [1.165, 1.54) is 18.6 Å². The number of allylic oxidation sites excluding steroid dienone is 3. The van der Waals surface area contributed by atoms with Gasteiger partial charge in [-0.25, -0.2) is 0 Å². The third-order valence-electron chi connectivity index (χ3n) is 3.02. The van der Waals surface area contributed by atoms with Gasteiger partial charge in [0.25, 0.3) is 0 Å². The van der Waals surface area contributed by atoms with Crippen molar-refractivity contribution in [2.45, 2.75) is 23.3 Å². The molecule has 0 saturated heterocycles. The minimum absolute atomic E-state index is 0.749. The van der Waals surface area contributed by atoms with Gasteiger partial charge in [-0.3, -0.25) is 0 Å². The minimum Gasteiger partial charge on any atom is -0.130 e.